The number of methoxy groups -OCH3 is 1. The number of hydrogen-bond donors (Lipinski definition) is 0. The molecule has 0 aliphatic rings. The summed E-state index contributed by atoms with van der Waals surface area (Å²) in [5.41, 5.74) is -0.168. The number of rotatable bonds is 4. The van der Waals surface area contributed by atoms with E-state index < -0.39 is 4.92 Å². The SMILES string of the molecule is COc1ccc([N+](=O)[O-])c(Oc2cc(Br)nc(C)n2)c1. The van der Waals surface area contributed by atoms with E-state index in [-0.39, 0.29) is 17.3 Å². The normalized spacial score (nSPS) is 10.2. The molecule has 0 aliphatic heterocycles. The number of halogens is 1. The highest BCUT2D eigenvalue weighted by Crippen LogP contribution is 2.34. The molecule has 0 saturated heterocycles. The molecule has 1 heterocycles. The van der Waals surface area contributed by atoms with Crippen LogP contribution in [0.5, 0.6) is 17.4 Å². The molecule has 0 N–H and O–H groups in total. The Morgan fingerprint density at radius 3 is 2.65 bits per heavy atom. The van der Waals surface area contributed by atoms with Crippen LogP contribution in [0.2, 0.25) is 0 Å². The smallest absolute Gasteiger partial charge is 0.311 e. The summed E-state index contributed by atoms with van der Waals surface area (Å²) in [6.07, 6.45) is 0. The van der Waals surface area contributed by atoms with Gasteiger partial charge >= 0.3 is 5.69 Å². The van der Waals surface area contributed by atoms with Gasteiger partial charge in [-0.25, -0.2) is 4.98 Å². The first-order valence-electron chi connectivity index (χ1n) is 5.51. The fourth-order valence-electron chi connectivity index (χ4n) is 1.52. The lowest BCUT2D eigenvalue weighted by Crippen LogP contribution is -1.97. The zero-order valence-electron chi connectivity index (χ0n) is 10.7. The molecule has 2 aromatic rings. The van der Waals surface area contributed by atoms with E-state index in [9.17, 15) is 10.1 Å². The molecule has 0 bridgehead atoms. The average molecular weight is 340 g/mol. The van der Waals surface area contributed by atoms with E-state index in [1.54, 1.807) is 6.92 Å². The zero-order chi connectivity index (χ0) is 14.7. The molecule has 2 rings (SSSR count). The highest BCUT2D eigenvalue weighted by atomic mass is 79.9. The van der Waals surface area contributed by atoms with E-state index in [0.717, 1.165) is 0 Å². The lowest BCUT2D eigenvalue weighted by atomic mass is 10.3. The summed E-state index contributed by atoms with van der Waals surface area (Å²) in [6, 6.07) is 5.77. The molecule has 1 aromatic carbocycles. The van der Waals surface area contributed by atoms with Gasteiger partial charge in [0, 0.05) is 18.2 Å². The van der Waals surface area contributed by atoms with E-state index in [4.69, 9.17) is 9.47 Å². The molecule has 0 saturated carbocycles. The quantitative estimate of drug-likeness (QED) is 0.482. The average Bonchev–Trinajstić information content (AvgIpc) is 2.37. The maximum atomic E-state index is 11.0. The van der Waals surface area contributed by atoms with Gasteiger partial charge in [0.2, 0.25) is 11.6 Å². The summed E-state index contributed by atoms with van der Waals surface area (Å²) in [5, 5.41) is 11.0. The van der Waals surface area contributed by atoms with Gasteiger partial charge in [0.15, 0.2) is 0 Å². The monoisotopic (exact) mass is 339 g/mol. The maximum absolute atomic E-state index is 11.0. The third-order valence-electron chi connectivity index (χ3n) is 2.36. The zero-order valence-corrected chi connectivity index (χ0v) is 12.2. The van der Waals surface area contributed by atoms with Crippen molar-refractivity contribution in [1.82, 2.24) is 9.97 Å². The van der Waals surface area contributed by atoms with Gasteiger partial charge in [-0.1, -0.05) is 0 Å². The fourth-order valence-corrected chi connectivity index (χ4v) is 1.98. The molecule has 0 aliphatic carbocycles. The molecular weight excluding hydrogens is 330 g/mol. The number of aryl methyl sites for hydroxylation is 1. The van der Waals surface area contributed by atoms with E-state index in [0.29, 0.717) is 16.2 Å². The van der Waals surface area contributed by atoms with Gasteiger partial charge in [-0.05, 0) is 28.9 Å². The summed E-state index contributed by atoms with van der Waals surface area (Å²) in [4.78, 5) is 18.6. The summed E-state index contributed by atoms with van der Waals surface area (Å²) in [5.74, 6) is 1.20. The summed E-state index contributed by atoms with van der Waals surface area (Å²) in [6.45, 7) is 1.69. The van der Waals surface area contributed by atoms with Gasteiger partial charge in [0.05, 0.1) is 12.0 Å². The predicted octanol–water partition coefficient (Wildman–Crippen LogP) is 3.26. The molecule has 0 radical (unpaired) electrons. The first-order chi connectivity index (χ1) is 9.49. The molecule has 20 heavy (non-hydrogen) atoms. The Bertz CT molecular complexity index is 643. The molecule has 1 aromatic heterocycles. The van der Waals surface area contributed by atoms with Crippen LogP contribution >= 0.6 is 15.9 Å². The summed E-state index contributed by atoms with van der Waals surface area (Å²) >= 11 is 3.21. The highest BCUT2D eigenvalue weighted by Gasteiger charge is 2.17. The van der Waals surface area contributed by atoms with Crippen LogP contribution in [0.1, 0.15) is 5.82 Å². The predicted molar refractivity (Wildman–Crippen MR) is 74.2 cm³/mol. The Morgan fingerprint density at radius 1 is 1.30 bits per heavy atom. The van der Waals surface area contributed by atoms with E-state index >= 15 is 0 Å². The van der Waals surface area contributed by atoms with Crippen molar-refractivity contribution in [3.8, 4) is 17.4 Å². The number of aromatic nitrogens is 2. The van der Waals surface area contributed by atoms with Gasteiger partial charge in [0.25, 0.3) is 0 Å². The Balaban J connectivity index is 2.42. The first-order valence-corrected chi connectivity index (χ1v) is 6.30. The molecule has 0 unspecified atom stereocenters. The second-order valence-corrected chi connectivity index (χ2v) is 4.58. The van der Waals surface area contributed by atoms with Crippen LogP contribution in [-0.2, 0) is 0 Å². The van der Waals surface area contributed by atoms with Crippen molar-refractivity contribution in [3.05, 3.63) is 44.8 Å². The number of nitro benzene ring substituents is 1. The van der Waals surface area contributed by atoms with Crippen molar-refractivity contribution in [2.45, 2.75) is 6.92 Å². The molecule has 8 heteroatoms. The van der Waals surface area contributed by atoms with Crippen LogP contribution in [-0.4, -0.2) is 22.0 Å². The van der Waals surface area contributed by atoms with E-state index in [2.05, 4.69) is 25.9 Å². The van der Waals surface area contributed by atoms with Gasteiger partial charge in [-0.3, -0.25) is 10.1 Å². The molecule has 0 atom stereocenters. The van der Waals surface area contributed by atoms with Gasteiger partial charge < -0.3 is 9.47 Å². The molecule has 104 valence electrons. The Hall–Kier alpha value is -2.22. The van der Waals surface area contributed by atoms with Crippen LogP contribution in [0.4, 0.5) is 5.69 Å². The van der Waals surface area contributed by atoms with Crippen LogP contribution in [0, 0.1) is 17.0 Å². The van der Waals surface area contributed by atoms with Crippen LogP contribution in [0.3, 0.4) is 0 Å². The van der Waals surface area contributed by atoms with Crippen molar-refractivity contribution >= 4 is 21.6 Å². The minimum atomic E-state index is -0.530. The van der Waals surface area contributed by atoms with Crippen LogP contribution < -0.4 is 9.47 Å². The summed E-state index contributed by atoms with van der Waals surface area (Å²) < 4.78 is 11.0. The van der Waals surface area contributed by atoms with Gasteiger partial charge in [0.1, 0.15) is 16.2 Å². The summed E-state index contributed by atoms with van der Waals surface area (Å²) in [7, 11) is 1.47. The van der Waals surface area contributed by atoms with Crippen molar-refractivity contribution in [3.63, 3.8) is 0 Å². The molecule has 0 fully saturated rings. The van der Waals surface area contributed by atoms with Gasteiger partial charge in [-0.15, -0.1) is 0 Å². The van der Waals surface area contributed by atoms with Gasteiger partial charge in [-0.2, -0.15) is 4.98 Å². The van der Waals surface area contributed by atoms with Crippen LogP contribution in [0.25, 0.3) is 0 Å². The third kappa shape index (κ3) is 3.21. The second kappa shape index (κ2) is 5.83. The van der Waals surface area contributed by atoms with Crippen LogP contribution in [0.15, 0.2) is 28.9 Å². The number of nitrogens with zero attached hydrogens (tertiary/aromatic N) is 3. The number of nitro groups is 1. The molecular formula is C12H10BrN3O4. The molecule has 7 nitrogen and oxygen atoms in total. The number of hydrogen-bond acceptors (Lipinski definition) is 6. The molecule has 0 amide bonds. The minimum absolute atomic E-state index is 0.0550. The van der Waals surface area contributed by atoms with E-state index in [1.807, 2.05) is 0 Å². The lowest BCUT2D eigenvalue weighted by Gasteiger charge is -2.08. The van der Waals surface area contributed by atoms with Crippen molar-refractivity contribution < 1.29 is 14.4 Å². The highest BCUT2D eigenvalue weighted by molar-refractivity contribution is 9.10. The Kier molecular flexibility index (Phi) is 4.14. The number of ether oxygens (including phenoxy) is 2. The first kappa shape index (κ1) is 14.2. The Labute approximate surface area is 122 Å². The second-order valence-electron chi connectivity index (χ2n) is 3.77. The minimum Gasteiger partial charge on any atom is -0.497 e. The largest absolute Gasteiger partial charge is 0.497 e. The Morgan fingerprint density at radius 2 is 2.05 bits per heavy atom. The molecule has 0 spiro atoms. The van der Waals surface area contributed by atoms with E-state index in [1.165, 1.54) is 31.4 Å². The topological polar surface area (TPSA) is 87.4 Å². The van der Waals surface area contributed by atoms with Crippen molar-refractivity contribution in [2.75, 3.05) is 7.11 Å². The lowest BCUT2D eigenvalue weighted by molar-refractivity contribution is -0.385. The third-order valence-corrected chi connectivity index (χ3v) is 2.77. The number of benzene rings is 1. The maximum Gasteiger partial charge on any atom is 0.311 e. The van der Waals surface area contributed by atoms with Crippen molar-refractivity contribution in [1.29, 1.82) is 0 Å². The standard InChI is InChI=1S/C12H10BrN3O4/c1-7-14-11(13)6-12(15-7)20-10-5-8(19-2)3-4-9(10)16(17)18/h3-6H,1-2H3. The fraction of sp³-hybridized carbons (Fsp3) is 0.167. The van der Waals surface area contributed by atoms with Crippen molar-refractivity contribution in [2.24, 2.45) is 0 Å².